The van der Waals surface area contributed by atoms with E-state index in [4.69, 9.17) is 4.74 Å². The van der Waals surface area contributed by atoms with Crippen LogP contribution in [-0.4, -0.2) is 48.4 Å². The smallest absolute Gasteiger partial charge is 0.318 e. The van der Waals surface area contributed by atoms with Crippen LogP contribution in [0.2, 0.25) is 0 Å². The molecule has 2 heterocycles. The average molecular weight is 332 g/mol. The molecule has 1 aromatic carbocycles. The van der Waals surface area contributed by atoms with Gasteiger partial charge in [0.2, 0.25) is 0 Å². The lowest BCUT2D eigenvalue weighted by Gasteiger charge is -2.30. The highest BCUT2D eigenvalue weighted by Gasteiger charge is 2.30. The second-order valence-corrected chi connectivity index (χ2v) is 6.88. The van der Waals surface area contributed by atoms with Gasteiger partial charge in [0.15, 0.2) is 0 Å². The zero-order valence-corrected chi connectivity index (χ0v) is 14.2. The molecule has 0 unspecified atom stereocenters. The Hall–Kier alpha value is -1.59. The second-order valence-electron chi connectivity index (χ2n) is 6.88. The molecule has 2 aliphatic heterocycles. The fourth-order valence-electron chi connectivity index (χ4n) is 3.80. The number of nitrogens with one attached hydrogen (secondary N) is 1. The number of urea groups is 1. The molecular weight excluding hydrogens is 304 g/mol. The number of ether oxygens (including phenoxy) is 1. The number of likely N-dealkylation sites (tertiary alicyclic amines) is 1. The summed E-state index contributed by atoms with van der Waals surface area (Å²) in [6.45, 7) is 2.41. The van der Waals surface area contributed by atoms with Crippen LogP contribution in [0.5, 0.6) is 0 Å². The van der Waals surface area contributed by atoms with Crippen molar-refractivity contribution in [2.24, 2.45) is 5.92 Å². The van der Waals surface area contributed by atoms with Gasteiger partial charge in [-0.2, -0.15) is 0 Å². The normalized spacial score (nSPS) is 23.2. The summed E-state index contributed by atoms with van der Waals surface area (Å²) in [5, 5.41) is 12.7. The Morgan fingerprint density at radius 3 is 2.71 bits per heavy atom. The third-order valence-corrected chi connectivity index (χ3v) is 5.26. The van der Waals surface area contributed by atoms with Crippen LogP contribution in [0.4, 0.5) is 4.79 Å². The first-order chi connectivity index (χ1) is 11.8. The number of aliphatic hydroxyl groups excluding tert-OH is 1. The van der Waals surface area contributed by atoms with Gasteiger partial charge in [0.1, 0.15) is 0 Å². The Bertz CT molecular complexity index is 517. The highest BCUT2D eigenvalue weighted by atomic mass is 16.5. The first-order valence-corrected chi connectivity index (χ1v) is 9.08. The van der Waals surface area contributed by atoms with Crippen molar-refractivity contribution in [1.82, 2.24) is 10.2 Å². The molecule has 3 rings (SSSR count). The van der Waals surface area contributed by atoms with Gasteiger partial charge in [0.25, 0.3) is 0 Å². The third-order valence-electron chi connectivity index (χ3n) is 5.26. The zero-order valence-electron chi connectivity index (χ0n) is 14.2. The summed E-state index contributed by atoms with van der Waals surface area (Å²) in [4.78, 5) is 14.5. The van der Waals surface area contributed by atoms with Crippen LogP contribution in [0.1, 0.15) is 43.7 Å². The molecule has 0 spiro atoms. The maximum atomic E-state index is 12.7. The van der Waals surface area contributed by atoms with Gasteiger partial charge < -0.3 is 20.1 Å². The molecule has 0 radical (unpaired) electrons. The fourth-order valence-corrected chi connectivity index (χ4v) is 3.80. The molecule has 2 amide bonds. The Morgan fingerprint density at radius 2 is 2.00 bits per heavy atom. The number of nitrogens with zero attached hydrogens (tertiary/aromatic N) is 1. The number of carbonyl (C=O) groups is 1. The predicted molar refractivity (Wildman–Crippen MR) is 92.7 cm³/mol. The Balaban J connectivity index is 1.68. The highest BCUT2D eigenvalue weighted by Crippen LogP contribution is 2.28. The zero-order chi connectivity index (χ0) is 16.8. The first-order valence-electron chi connectivity index (χ1n) is 9.08. The lowest BCUT2D eigenvalue weighted by molar-refractivity contribution is 0.0605. The number of hydrogen-bond donors (Lipinski definition) is 2. The predicted octanol–water partition coefficient (Wildman–Crippen LogP) is 2.71. The van der Waals surface area contributed by atoms with Gasteiger partial charge in [-0.25, -0.2) is 4.79 Å². The molecule has 2 fully saturated rings. The number of aliphatic hydroxyl groups is 1. The van der Waals surface area contributed by atoms with Crippen LogP contribution >= 0.6 is 0 Å². The monoisotopic (exact) mass is 332 g/mol. The van der Waals surface area contributed by atoms with Crippen LogP contribution in [0, 0.1) is 5.92 Å². The van der Waals surface area contributed by atoms with Crippen LogP contribution in [0.3, 0.4) is 0 Å². The Morgan fingerprint density at radius 1 is 1.25 bits per heavy atom. The average Bonchev–Trinajstić information content (AvgIpc) is 3.12. The summed E-state index contributed by atoms with van der Waals surface area (Å²) in [5.41, 5.74) is 1.15. The van der Waals surface area contributed by atoms with Crippen LogP contribution in [0.15, 0.2) is 30.3 Å². The Labute approximate surface area is 144 Å². The van der Waals surface area contributed by atoms with Crippen molar-refractivity contribution in [2.75, 3.05) is 26.4 Å². The Kier molecular flexibility index (Phi) is 6.10. The minimum absolute atomic E-state index is 0.0155. The van der Waals surface area contributed by atoms with Crippen molar-refractivity contribution >= 4 is 6.03 Å². The molecule has 0 aliphatic carbocycles. The molecule has 5 nitrogen and oxygen atoms in total. The molecule has 2 atom stereocenters. The molecule has 2 N–H and O–H groups in total. The van der Waals surface area contributed by atoms with Gasteiger partial charge in [-0.15, -0.1) is 0 Å². The van der Waals surface area contributed by atoms with Gasteiger partial charge in [-0.05, 0) is 43.6 Å². The van der Waals surface area contributed by atoms with Gasteiger partial charge in [-0.3, -0.25) is 0 Å². The third kappa shape index (κ3) is 4.28. The molecule has 2 aliphatic rings. The van der Waals surface area contributed by atoms with Gasteiger partial charge in [0.05, 0.1) is 18.7 Å². The van der Waals surface area contributed by atoms with E-state index in [0.717, 1.165) is 57.4 Å². The molecule has 0 bridgehead atoms. The fraction of sp³-hybridized carbons (Fsp3) is 0.632. The van der Waals surface area contributed by atoms with Crippen molar-refractivity contribution in [3.8, 4) is 0 Å². The number of carbonyl (C=O) groups excluding carboxylic acids is 1. The SMILES string of the molecule is O=C(N[C@@H](CC1CCOCC1)c1ccccc1)N1CCC[C@H]1CO. The summed E-state index contributed by atoms with van der Waals surface area (Å²) in [6, 6.07) is 10.1. The summed E-state index contributed by atoms with van der Waals surface area (Å²) in [7, 11) is 0. The topological polar surface area (TPSA) is 61.8 Å². The maximum Gasteiger partial charge on any atom is 0.318 e. The van der Waals surface area contributed by atoms with Gasteiger partial charge >= 0.3 is 6.03 Å². The minimum atomic E-state index is -0.0486. The van der Waals surface area contributed by atoms with E-state index in [1.54, 1.807) is 4.90 Å². The summed E-state index contributed by atoms with van der Waals surface area (Å²) < 4.78 is 5.45. The lowest BCUT2D eigenvalue weighted by Crippen LogP contribution is -2.45. The van der Waals surface area contributed by atoms with E-state index >= 15 is 0 Å². The van der Waals surface area contributed by atoms with Crippen molar-refractivity contribution in [2.45, 2.75) is 44.2 Å². The van der Waals surface area contributed by atoms with Crippen LogP contribution in [-0.2, 0) is 4.74 Å². The van der Waals surface area contributed by atoms with Crippen LogP contribution < -0.4 is 5.32 Å². The van der Waals surface area contributed by atoms with E-state index < -0.39 is 0 Å². The molecule has 24 heavy (non-hydrogen) atoms. The summed E-state index contributed by atoms with van der Waals surface area (Å²) in [6.07, 6.45) is 4.91. The molecule has 0 saturated carbocycles. The molecule has 2 saturated heterocycles. The molecule has 0 aromatic heterocycles. The molecule has 132 valence electrons. The largest absolute Gasteiger partial charge is 0.394 e. The highest BCUT2D eigenvalue weighted by molar-refractivity contribution is 5.75. The molecule has 1 aromatic rings. The minimum Gasteiger partial charge on any atom is -0.394 e. The molecule has 5 heteroatoms. The van der Waals surface area contributed by atoms with Crippen molar-refractivity contribution in [3.05, 3.63) is 35.9 Å². The molecular formula is C19H28N2O3. The maximum absolute atomic E-state index is 12.7. The van der Waals surface area contributed by atoms with Crippen molar-refractivity contribution in [1.29, 1.82) is 0 Å². The van der Waals surface area contributed by atoms with Crippen molar-refractivity contribution < 1.29 is 14.6 Å². The standard InChI is InChI=1S/C19H28N2O3/c22-14-17-7-4-10-21(17)19(23)20-18(16-5-2-1-3-6-16)13-15-8-11-24-12-9-15/h1-3,5-6,15,17-18,22H,4,7-14H2,(H,20,23)/t17-,18-/m0/s1. The van der Waals surface area contributed by atoms with E-state index in [2.05, 4.69) is 17.4 Å². The summed E-state index contributed by atoms with van der Waals surface area (Å²) in [5.74, 6) is 0.580. The number of hydrogen-bond acceptors (Lipinski definition) is 3. The van der Waals surface area contributed by atoms with E-state index in [0.29, 0.717) is 5.92 Å². The van der Waals surface area contributed by atoms with Gasteiger partial charge in [0, 0.05) is 19.8 Å². The van der Waals surface area contributed by atoms with Crippen LogP contribution in [0.25, 0.3) is 0 Å². The number of rotatable bonds is 5. The number of amides is 2. The van der Waals surface area contributed by atoms with Gasteiger partial charge in [-0.1, -0.05) is 30.3 Å². The van der Waals surface area contributed by atoms with Crippen molar-refractivity contribution in [3.63, 3.8) is 0 Å². The van der Waals surface area contributed by atoms with E-state index in [1.807, 2.05) is 18.2 Å². The van der Waals surface area contributed by atoms with E-state index in [-0.39, 0.29) is 24.7 Å². The second kappa shape index (κ2) is 8.49. The van der Waals surface area contributed by atoms with E-state index in [9.17, 15) is 9.90 Å². The first kappa shape index (κ1) is 17.2. The quantitative estimate of drug-likeness (QED) is 0.871. The van der Waals surface area contributed by atoms with E-state index in [1.165, 1.54) is 0 Å². The number of benzene rings is 1. The summed E-state index contributed by atoms with van der Waals surface area (Å²) >= 11 is 0. The lowest BCUT2D eigenvalue weighted by atomic mass is 9.89.